The van der Waals surface area contributed by atoms with E-state index in [1.54, 1.807) is 0 Å². The van der Waals surface area contributed by atoms with Crippen molar-refractivity contribution in [3.63, 3.8) is 0 Å². The van der Waals surface area contributed by atoms with Crippen LogP contribution in [0.1, 0.15) is 22.3 Å². The highest BCUT2D eigenvalue weighted by Crippen LogP contribution is 2.20. The SMILES string of the molecule is Cc1c(C)c2ncc(CN3CCN(c4ccc(C#N)cc4)CC3)cc2[nH]c1=O. The molecule has 0 spiro atoms. The number of rotatable bonds is 3. The minimum atomic E-state index is -0.0417. The topological polar surface area (TPSA) is 76.0 Å². The molecule has 0 atom stereocenters. The molecule has 3 aromatic rings. The lowest BCUT2D eigenvalue weighted by atomic mass is 10.1. The first-order valence-corrected chi connectivity index (χ1v) is 9.51. The number of aryl methyl sites for hydroxylation is 1. The van der Waals surface area contributed by atoms with E-state index in [1.165, 1.54) is 0 Å². The molecule has 1 aliphatic heterocycles. The summed E-state index contributed by atoms with van der Waals surface area (Å²) in [5.41, 5.74) is 6.27. The van der Waals surface area contributed by atoms with Crippen molar-refractivity contribution in [2.45, 2.75) is 20.4 Å². The van der Waals surface area contributed by atoms with Crippen LogP contribution in [0.3, 0.4) is 0 Å². The van der Waals surface area contributed by atoms with Gasteiger partial charge in [0.1, 0.15) is 0 Å². The second kappa shape index (κ2) is 7.45. The molecule has 0 bridgehead atoms. The summed E-state index contributed by atoms with van der Waals surface area (Å²) in [7, 11) is 0. The Morgan fingerprint density at radius 3 is 2.50 bits per heavy atom. The predicted octanol–water partition coefficient (Wildman–Crippen LogP) is 2.73. The van der Waals surface area contributed by atoms with Gasteiger partial charge in [0.25, 0.3) is 5.56 Å². The molecular formula is C22H23N5O. The number of anilines is 1. The van der Waals surface area contributed by atoms with Crippen molar-refractivity contribution in [2.24, 2.45) is 0 Å². The number of benzene rings is 1. The zero-order valence-corrected chi connectivity index (χ0v) is 16.2. The average molecular weight is 373 g/mol. The number of H-pyrrole nitrogens is 1. The lowest BCUT2D eigenvalue weighted by molar-refractivity contribution is 0.249. The van der Waals surface area contributed by atoms with Gasteiger partial charge in [-0.3, -0.25) is 14.7 Å². The normalized spacial score (nSPS) is 15.0. The van der Waals surface area contributed by atoms with Crippen LogP contribution in [0.4, 0.5) is 5.69 Å². The molecule has 0 saturated carbocycles. The number of nitrogens with one attached hydrogen (secondary N) is 1. The molecule has 4 rings (SSSR count). The van der Waals surface area contributed by atoms with Crippen molar-refractivity contribution < 1.29 is 0 Å². The molecule has 1 saturated heterocycles. The predicted molar refractivity (Wildman–Crippen MR) is 110 cm³/mol. The van der Waals surface area contributed by atoms with Gasteiger partial charge in [-0.25, -0.2) is 0 Å². The molecule has 0 radical (unpaired) electrons. The minimum absolute atomic E-state index is 0.0417. The van der Waals surface area contributed by atoms with E-state index in [1.807, 2.05) is 50.4 Å². The smallest absolute Gasteiger partial charge is 0.251 e. The van der Waals surface area contributed by atoms with Gasteiger partial charge in [-0.1, -0.05) is 0 Å². The molecular weight excluding hydrogens is 350 g/mol. The number of aromatic amines is 1. The Hall–Kier alpha value is -3.17. The molecule has 1 fully saturated rings. The van der Waals surface area contributed by atoms with Gasteiger partial charge in [0, 0.05) is 50.2 Å². The average Bonchev–Trinajstić information content (AvgIpc) is 2.73. The van der Waals surface area contributed by atoms with E-state index in [9.17, 15) is 4.79 Å². The highest BCUT2D eigenvalue weighted by molar-refractivity contribution is 5.78. The summed E-state index contributed by atoms with van der Waals surface area (Å²) >= 11 is 0. The van der Waals surface area contributed by atoms with E-state index in [2.05, 4.69) is 25.8 Å². The summed E-state index contributed by atoms with van der Waals surface area (Å²) in [5, 5.41) is 8.93. The molecule has 6 nitrogen and oxygen atoms in total. The number of pyridine rings is 2. The fourth-order valence-corrected chi connectivity index (χ4v) is 3.72. The van der Waals surface area contributed by atoms with E-state index < -0.39 is 0 Å². The number of aromatic nitrogens is 2. The number of hydrogen-bond acceptors (Lipinski definition) is 5. The van der Waals surface area contributed by atoms with Gasteiger partial charge in [0.15, 0.2) is 0 Å². The summed E-state index contributed by atoms with van der Waals surface area (Å²) in [6.07, 6.45) is 1.92. The van der Waals surface area contributed by atoms with Gasteiger partial charge in [0.2, 0.25) is 0 Å². The van der Waals surface area contributed by atoms with E-state index in [4.69, 9.17) is 5.26 Å². The Morgan fingerprint density at radius 1 is 1.11 bits per heavy atom. The third kappa shape index (κ3) is 3.49. The highest BCUT2D eigenvalue weighted by atomic mass is 16.1. The van der Waals surface area contributed by atoms with Crippen LogP contribution in [0.2, 0.25) is 0 Å². The summed E-state index contributed by atoms with van der Waals surface area (Å²) in [6.45, 7) is 8.41. The van der Waals surface area contributed by atoms with Crippen molar-refractivity contribution in [2.75, 3.05) is 31.1 Å². The van der Waals surface area contributed by atoms with E-state index in [0.717, 1.165) is 66.1 Å². The third-order valence-electron chi connectivity index (χ3n) is 5.59. The number of nitriles is 1. The zero-order chi connectivity index (χ0) is 19.7. The second-order valence-corrected chi connectivity index (χ2v) is 7.37. The Kier molecular flexibility index (Phi) is 4.84. The van der Waals surface area contributed by atoms with Crippen LogP contribution in [0.25, 0.3) is 11.0 Å². The van der Waals surface area contributed by atoms with Crippen LogP contribution in [0.15, 0.2) is 41.3 Å². The number of nitrogens with zero attached hydrogens (tertiary/aromatic N) is 4. The third-order valence-corrected chi connectivity index (χ3v) is 5.59. The molecule has 142 valence electrons. The summed E-state index contributed by atoms with van der Waals surface area (Å²) in [5.74, 6) is 0. The maximum absolute atomic E-state index is 12.0. The Morgan fingerprint density at radius 2 is 1.82 bits per heavy atom. The van der Waals surface area contributed by atoms with Crippen LogP contribution < -0.4 is 10.5 Å². The van der Waals surface area contributed by atoms with Crippen molar-refractivity contribution in [1.82, 2.24) is 14.9 Å². The first kappa shape index (κ1) is 18.2. The van der Waals surface area contributed by atoms with Gasteiger partial charge in [-0.15, -0.1) is 0 Å². The largest absolute Gasteiger partial charge is 0.369 e. The van der Waals surface area contributed by atoms with Crippen LogP contribution in [0.5, 0.6) is 0 Å². The molecule has 1 aliphatic rings. The second-order valence-electron chi connectivity index (χ2n) is 7.37. The van der Waals surface area contributed by atoms with Crippen LogP contribution >= 0.6 is 0 Å². The lowest BCUT2D eigenvalue weighted by Gasteiger charge is -2.36. The molecule has 1 N–H and O–H groups in total. The van der Waals surface area contributed by atoms with Gasteiger partial charge in [0.05, 0.1) is 22.7 Å². The fourth-order valence-electron chi connectivity index (χ4n) is 3.72. The highest BCUT2D eigenvalue weighted by Gasteiger charge is 2.18. The van der Waals surface area contributed by atoms with Gasteiger partial charge in [-0.05, 0) is 55.3 Å². The standard InChI is InChI=1S/C22H23N5O/c1-15-16(2)22(28)25-20-11-18(13-24-21(15)20)14-26-7-9-27(10-8-26)19-5-3-17(12-23)4-6-19/h3-6,11,13H,7-10,14H2,1-2H3,(H,25,28). The lowest BCUT2D eigenvalue weighted by Crippen LogP contribution is -2.45. The molecule has 0 aliphatic carbocycles. The first-order valence-electron chi connectivity index (χ1n) is 9.51. The van der Waals surface area contributed by atoms with Gasteiger partial charge < -0.3 is 9.88 Å². The molecule has 1 aromatic carbocycles. The summed E-state index contributed by atoms with van der Waals surface area (Å²) in [4.78, 5) is 24.3. The van der Waals surface area contributed by atoms with Crippen LogP contribution in [-0.2, 0) is 6.54 Å². The number of fused-ring (bicyclic) bond motifs is 1. The van der Waals surface area contributed by atoms with Crippen molar-refractivity contribution >= 4 is 16.7 Å². The Balaban J connectivity index is 1.44. The Labute approximate surface area is 164 Å². The van der Waals surface area contributed by atoms with Crippen molar-refractivity contribution in [1.29, 1.82) is 5.26 Å². The summed E-state index contributed by atoms with van der Waals surface area (Å²) in [6, 6.07) is 12.0. The molecule has 3 heterocycles. The maximum Gasteiger partial charge on any atom is 0.251 e. The Bertz CT molecular complexity index is 1100. The van der Waals surface area contributed by atoms with Crippen LogP contribution in [-0.4, -0.2) is 41.0 Å². The van der Waals surface area contributed by atoms with Gasteiger partial charge in [-0.2, -0.15) is 5.26 Å². The van der Waals surface area contributed by atoms with Crippen LogP contribution in [0, 0.1) is 25.2 Å². The molecule has 28 heavy (non-hydrogen) atoms. The molecule has 0 unspecified atom stereocenters. The number of hydrogen-bond donors (Lipinski definition) is 1. The monoisotopic (exact) mass is 373 g/mol. The quantitative estimate of drug-likeness (QED) is 0.764. The minimum Gasteiger partial charge on any atom is -0.369 e. The van der Waals surface area contributed by atoms with E-state index in [-0.39, 0.29) is 5.56 Å². The molecule has 2 aromatic heterocycles. The van der Waals surface area contributed by atoms with Gasteiger partial charge >= 0.3 is 0 Å². The number of piperazine rings is 1. The van der Waals surface area contributed by atoms with E-state index >= 15 is 0 Å². The van der Waals surface area contributed by atoms with E-state index in [0.29, 0.717) is 5.56 Å². The molecule has 0 amide bonds. The maximum atomic E-state index is 12.0. The zero-order valence-electron chi connectivity index (χ0n) is 16.2. The fraction of sp³-hybridized carbons (Fsp3) is 0.318. The van der Waals surface area contributed by atoms with Crippen molar-refractivity contribution in [3.05, 3.63) is 69.1 Å². The van der Waals surface area contributed by atoms with Crippen molar-refractivity contribution in [3.8, 4) is 6.07 Å². The molecule has 6 heteroatoms. The first-order chi connectivity index (χ1) is 13.5. The summed E-state index contributed by atoms with van der Waals surface area (Å²) < 4.78 is 0.